The lowest BCUT2D eigenvalue weighted by atomic mass is 10.2. The van der Waals surface area contributed by atoms with Crippen molar-refractivity contribution in [1.29, 1.82) is 0 Å². The fourth-order valence-electron chi connectivity index (χ4n) is 3.40. The van der Waals surface area contributed by atoms with E-state index in [1.54, 1.807) is 9.80 Å². The van der Waals surface area contributed by atoms with Gasteiger partial charge in [0, 0.05) is 35.1 Å². The minimum absolute atomic E-state index is 0.0466. The van der Waals surface area contributed by atoms with Crippen molar-refractivity contribution in [3.8, 4) is 11.5 Å². The van der Waals surface area contributed by atoms with Crippen LogP contribution >= 0.6 is 63.7 Å². The minimum atomic E-state index is -0.100. The Balaban J connectivity index is 1.47. The molecule has 32 heavy (non-hydrogen) atoms. The van der Waals surface area contributed by atoms with E-state index in [-0.39, 0.29) is 25.0 Å². The first kappa shape index (κ1) is 25.5. The second-order valence-electron chi connectivity index (χ2n) is 7.41. The zero-order valence-electron chi connectivity index (χ0n) is 17.6. The molecule has 0 unspecified atom stereocenters. The number of hydrogen-bond donors (Lipinski definition) is 0. The highest BCUT2D eigenvalue weighted by molar-refractivity contribution is 9.11. The number of aryl methyl sites for hydroxylation is 2. The quantitative estimate of drug-likeness (QED) is 0.402. The average molecular weight is 698 g/mol. The van der Waals surface area contributed by atoms with Gasteiger partial charge in [-0.25, -0.2) is 0 Å². The molecule has 10 heteroatoms. The van der Waals surface area contributed by atoms with Crippen LogP contribution < -0.4 is 9.47 Å². The zero-order valence-corrected chi connectivity index (χ0v) is 23.9. The second-order valence-corrected chi connectivity index (χ2v) is 10.9. The summed E-state index contributed by atoms with van der Waals surface area (Å²) in [5.74, 6) is 1.11. The summed E-state index contributed by atoms with van der Waals surface area (Å²) < 4.78 is 15.0. The molecule has 0 radical (unpaired) electrons. The van der Waals surface area contributed by atoms with Gasteiger partial charge in [-0.15, -0.1) is 0 Å². The molecule has 0 N–H and O–H groups in total. The molecule has 0 aliphatic carbocycles. The normalized spacial score (nSPS) is 13.8. The molecule has 1 fully saturated rings. The summed E-state index contributed by atoms with van der Waals surface area (Å²) in [7, 11) is 0. The Labute approximate surface area is 221 Å². The number of carbonyl (C=O) groups is 2. The molecule has 6 nitrogen and oxygen atoms in total. The summed E-state index contributed by atoms with van der Waals surface area (Å²) in [6.45, 7) is 5.63. The van der Waals surface area contributed by atoms with Gasteiger partial charge >= 0.3 is 0 Å². The van der Waals surface area contributed by atoms with Crippen molar-refractivity contribution in [3.63, 3.8) is 0 Å². The molecular formula is C22H22Br4N2O4. The van der Waals surface area contributed by atoms with Gasteiger partial charge in [-0.3, -0.25) is 9.59 Å². The van der Waals surface area contributed by atoms with E-state index >= 15 is 0 Å². The van der Waals surface area contributed by atoms with Crippen molar-refractivity contribution >= 4 is 75.5 Å². The van der Waals surface area contributed by atoms with Crippen LogP contribution in [0.4, 0.5) is 0 Å². The molecule has 2 aromatic carbocycles. The molecular weight excluding hydrogens is 676 g/mol. The fourth-order valence-corrected chi connectivity index (χ4v) is 6.51. The van der Waals surface area contributed by atoms with Gasteiger partial charge in [-0.1, -0.05) is 31.9 Å². The van der Waals surface area contributed by atoms with Crippen LogP contribution in [-0.4, -0.2) is 61.0 Å². The number of hydrogen-bond acceptors (Lipinski definition) is 4. The molecule has 0 spiro atoms. The third-order valence-electron chi connectivity index (χ3n) is 5.05. The zero-order chi connectivity index (χ0) is 23.4. The maximum absolute atomic E-state index is 12.6. The largest absolute Gasteiger partial charge is 0.482 e. The van der Waals surface area contributed by atoms with E-state index in [1.165, 1.54) is 0 Å². The summed E-state index contributed by atoms with van der Waals surface area (Å²) in [6, 6.07) is 7.64. The molecule has 1 heterocycles. The van der Waals surface area contributed by atoms with Gasteiger partial charge < -0.3 is 19.3 Å². The van der Waals surface area contributed by atoms with E-state index in [0.717, 1.165) is 29.0 Å². The number of benzene rings is 2. The van der Waals surface area contributed by atoms with Crippen molar-refractivity contribution in [2.45, 2.75) is 13.8 Å². The average Bonchev–Trinajstić information content (AvgIpc) is 2.72. The summed E-state index contributed by atoms with van der Waals surface area (Å²) in [6.07, 6.45) is 0. The minimum Gasteiger partial charge on any atom is -0.482 e. The molecule has 0 saturated carbocycles. The predicted octanol–water partition coefficient (Wildman–Crippen LogP) is 5.48. The van der Waals surface area contributed by atoms with E-state index in [1.807, 2.05) is 38.1 Å². The number of ether oxygens (including phenoxy) is 2. The van der Waals surface area contributed by atoms with E-state index < -0.39 is 0 Å². The summed E-state index contributed by atoms with van der Waals surface area (Å²) in [5, 5.41) is 0. The maximum atomic E-state index is 12.6. The molecule has 1 aliphatic rings. The molecule has 172 valence electrons. The van der Waals surface area contributed by atoms with Gasteiger partial charge in [-0.05, 0) is 81.1 Å². The number of amides is 2. The molecule has 0 atom stereocenters. The number of piperazine rings is 1. The van der Waals surface area contributed by atoms with Crippen LogP contribution in [0.2, 0.25) is 0 Å². The highest BCUT2D eigenvalue weighted by atomic mass is 79.9. The van der Waals surface area contributed by atoms with Crippen LogP contribution in [0.15, 0.2) is 42.2 Å². The van der Waals surface area contributed by atoms with Crippen molar-refractivity contribution in [2.24, 2.45) is 0 Å². The molecule has 3 rings (SSSR count). The molecule has 0 aromatic heterocycles. The molecule has 0 bridgehead atoms. The van der Waals surface area contributed by atoms with Crippen LogP contribution in [0.5, 0.6) is 11.5 Å². The standard InChI is InChI=1S/C22H22Br4N2O4/c1-13-7-15(23)9-17(25)21(13)31-11-19(29)27-3-5-28(6-4-27)20(30)12-32-22-14(2)8-16(24)10-18(22)26/h7-10H,3-6,11-12H2,1-2H3. The monoisotopic (exact) mass is 694 g/mol. The smallest absolute Gasteiger partial charge is 0.260 e. The Bertz CT molecular complexity index is 895. The third kappa shape index (κ3) is 6.48. The summed E-state index contributed by atoms with van der Waals surface area (Å²) >= 11 is 13.8. The van der Waals surface area contributed by atoms with Gasteiger partial charge in [0.05, 0.1) is 8.95 Å². The predicted molar refractivity (Wildman–Crippen MR) is 137 cm³/mol. The van der Waals surface area contributed by atoms with E-state index in [9.17, 15) is 9.59 Å². The van der Waals surface area contributed by atoms with Crippen molar-refractivity contribution in [1.82, 2.24) is 9.80 Å². The lowest BCUT2D eigenvalue weighted by molar-refractivity contribution is -0.141. The Kier molecular flexibility index (Phi) is 9.05. The number of nitrogens with zero attached hydrogens (tertiary/aromatic N) is 2. The Morgan fingerprint density at radius 3 is 1.38 bits per heavy atom. The number of rotatable bonds is 6. The Morgan fingerprint density at radius 1 is 0.719 bits per heavy atom. The van der Waals surface area contributed by atoms with Gasteiger partial charge in [0.25, 0.3) is 11.8 Å². The Morgan fingerprint density at radius 2 is 1.06 bits per heavy atom. The van der Waals surface area contributed by atoms with Crippen LogP contribution in [0, 0.1) is 13.8 Å². The highest BCUT2D eigenvalue weighted by Crippen LogP contribution is 2.33. The van der Waals surface area contributed by atoms with E-state index in [0.29, 0.717) is 37.7 Å². The number of halogens is 4. The van der Waals surface area contributed by atoms with Crippen molar-refractivity contribution in [2.75, 3.05) is 39.4 Å². The second kappa shape index (κ2) is 11.4. The van der Waals surface area contributed by atoms with Crippen LogP contribution in [-0.2, 0) is 9.59 Å². The van der Waals surface area contributed by atoms with Crippen molar-refractivity contribution in [3.05, 3.63) is 53.3 Å². The van der Waals surface area contributed by atoms with Crippen LogP contribution in [0.1, 0.15) is 11.1 Å². The molecule has 1 aliphatic heterocycles. The van der Waals surface area contributed by atoms with E-state index in [4.69, 9.17) is 9.47 Å². The topological polar surface area (TPSA) is 59.1 Å². The first-order chi connectivity index (χ1) is 15.2. The SMILES string of the molecule is Cc1cc(Br)cc(Br)c1OCC(=O)N1CCN(C(=O)COc2c(C)cc(Br)cc2Br)CC1. The van der Waals surface area contributed by atoms with Crippen LogP contribution in [0.3, 0.4) is 0 Å². The van der Waals surface area contributed by atoms with Gasteiger partial charge in [-0.2, -0.15) is 0 Å². The van der Waals surface area contributed by atoms with Crippen molar-refractivity contribution < 1.29 is 19.1 Å². The first-order valence-corrected chi connectivity index (χ1v) is 13.1. The van der Waals surface area contributed by atoms with Gasteiger partial charge in [0.15, 0.2) is 13.2 Å². The molecule has 1 saturated heterocycles. The fraction of sp³-hybridized carbons (Fsp3) is 0.364. The highest BCUT2D eigenvalue weighted by Gasteiger charge is 2.25. The molecule has 2 amide bonds. The number of carbonyl (C=O) groups excluding carboxylic acids is 2. The third-order valence-corrected chi connectivity index (χ3v) is 7.15. The maximum Gasteiger partial charge on any atom is 0.260 e. The summed E-state index contributed by atoms with van der Waals surface area (Å²) in [5.41, 5.74) is 1.87. The van der Waals surface area contributed by atoms with Gasteiger partial charge in [0.2, 0.25) is 0 Å². The first-order valence-electron chi connectivity index (χ1n) is 9.88. The summed E-state index contributed by atoms with van der Waals surface area (Å²) in [4.78, 5) is 28.6. The Hall–Kier alpha value is -1.10. The lowest BCUT2D eigenvalue weighted by Crippen LogP contribution is -2.52. The van der Waals surface area contributed by atoms with Gasteiger partial charge in [0.1, 0.15) is 11.5 Å². The van der Waals surface area contributed by atoms with E-state index in [2.05, 4.69) is 63.7 Å². The lowest BCUT2D eigenvalue weighted by Gasteiger charge is -2.34. The molecule has 2 aromatic rings. The van der Waals surface area contributed by atoms with Crippen LogP contribution in [0.25, 0.3) is 0 Å².